The SMILES string of the molecule is Cc1cccc(C(CCN(C)C)NN)c1. The summed E-state index contributed by atoms with van der Waals surface area (Å²) in [5.74, 6) is 5.57. The van der Waals surface area contributed by atoms with E-state index in [2.05, 4.69) is 55.6 Å². The van der Waals surface area contributed by atoms with Crippen LogP contribution in [0.5, 0.6) is 0 Å². The van der Waals surface area contributed by atoms with Gasteiger partial charge in [0.15, 0.2) is 0 Å². The standard InChI is InChI=1S/C12H21N3/c1-10-5-4-6-11(9-10)12(14-13)7-8-15(2)3/h4-6,9,12,14H,7-8,13H2,1-3H3. The van der Waals surface area contributed by atoms with E-state index < -0.39 is 0 Å². The van der Waals surface area contributed by atoms with Crippen LogP contribution in [0.15, 0.2) is 24.3 Å². The van der Waals surface area contributed by atoms with Crippen LogP contribution in [0, 0.1) is 6.92 Å². The van der Waals surface area contributed by atoms with Gasteiger partial charge in [0, 0.05) is 6.04 Å². The highest BCUT2D eigenvalue weighted by Crippen LogP contribution is 2.16. The van der Waals surface area contributed by atoms with E-state index >= 15 is 0 Å². The summed E-state index contributed by atoms with van der Waals surface area (Å²) in [6.07, 6.45) is 1.02. The molecule has 0 saturated carbocycles. The van der Waals surface area contributed by atoms with Gasteiger partial charge in [-0.3, -0.25) is 11.3 Å². The van der Waals surface area contributed by atoms with Crippen molar-refractivity contribution in [2.75, 3.05) is 20.6 Å². The maximum absolute atomic E-state index is 5.57. The fourth-order valence-corrected chi connectivity index (χ4v) is 1.62. The van der Waals surface area contributed by atoms with Crippen molar-refractivity contribution in [1.29, 1.82) is 0 Å². The molecule has 15 heavy (non-hydrogen) atoms. The predicted octanol–water partition coefficient (Wildman–Crippen LogP) is 1.45. The molecule has 0 aliphatic carbocycles. The Morgan fingerprint density at radius 3 is 2.67 bits per heavy atom. The van der Waals surface area contributed by atoms with Crippen LogP contribution in [0.25, 0.3) is 0 Å². The molecule has 0 aliphatic rings. The van der Waals surface area contributed by atoms with Crippen molar-refractivity contribution in [3.63, 3.8) is 0 Å². The smallest absolute Gasteiger partial charge is 0.0472 e. The largest absolute Gasteiger partial charge is 0.309 e. The van der Waals surface area contributed by atoms with Gasteiger partial charge >= 0.3 is 0 Å². The van der Waals surface area contributed by atoms with Crippen molar-refractivity contribution in [1.82, 2.24) is 10.3 Å². The summed E-state index contributed by atoms with van der Waals surface area (Å²) in [7, 11) is 4.15. The molecule has 0 heterocycles. The highest BCUT2D eigenvalue weighted by molar-refractivity contribution is 5.24. The molecule has 3 N–H and O–H groups in total. The maximum atomic E-state index is 5.57. The van der Waals surface area contributed by atoms with E-state index in [4.69, 9.17) is 5.84 Å². The monoisotopic (exact) mass is 207 g/mol. The van der Waals surface area contributed by atoms with Crippen LogP contribution in [0.3, 0.4) is 0 Å². The molecular formula is C12H21N3. The Morgan fingerprint density at radius 1 is 1.40 bits per heavy atom. The summed E-state index contributed by atoms with van der Waals surface area (Å²) >= 11 is 0. The second kappa shape index (κ2) is 5.85. The lowest BCUT2D eigenvalue weighted by Crippen LogP contribution is -2.30. The van der Waals surface area contributed by atoms with Gasteiger partial charge in [0.2, 0.25) is 0 Å². The third-order valence-electron chi connectivity index (χ3n) is 2.51. The van der Waals surface area contributed by atoms with Gasteiger partial charge in [0.05, 0.1) is 0 Å². The average molecular weight is 207 g/mol. The number of hydrazine groups is 1. The molecule has 0 aliphatic heterocycles. The van der Waals surface area contributed by atoms with Crippen LogP contribution < -0.4 is 11.3 Å². The van der Waals surface area contributed by atoms with Gasteiger partial charge in [-0.1, -0.05) is 29.8 Å². The molecular weight excluding hydrogens is 186 g/mol. The number of benzene rings is 1. The zero-order valence-corrected chi connectivity index (χ0v) is 9.83. The summed E-state index contributed by atoms with van der Waals surface area (Å²) in [5.41, 5.74) is 5.41. The maximum Gasteiger partial charge on any atom is 0.0472 e. The van der Waals surface area contributed by atoms with E-state index in [1.165, 1.54) is 11.1 Å². The number of nitrogens with zero attached hydrogens (tertiary/aromatic N) is 1. The summed E-state index contributed by atoms with van der Waals surface area (Å²) in [5, 5.41) is 0. The molecule has 3 nitrogen and oxygen atoms in total. The molecule has 0 spiro atoms. The Balaban J connectivity index is 2.65. The summed E-state index contributed by atoms with van der Waals surface area (Å²) in [4.78, 5) is 2.17. The Hall–Kier alpha value is -0.900. The highest BCUT2D eigenvalue weighted by Gasteiger charge is 2.09. The first kappa shape index (κ1) is 12.2. The molecule has 0 saturated heterocycles. The summed E-state index contributed by atoms with van der Waals surface area (Å²) in [6.45, 7) is 3.13. The van der Waals surface area contributed by atoms with Gasteiger partial charge in [-0.15, -0.1) is 0 Å². The molecule has 1 atom stereocenters. The summed E-state index contributed by atoms with van der Waals surface area (Å²) < 4.78 is 0. The molecule has 3 heteroatoms. The van der Waals surface area contributed by atoms with E-state index in [1.54, 1.807) is 0 Å². The molecule has 0 amide bonds. The number of aryl methyl sites for hydroxylation is 1. The van der Waals surface area contributed by atoms with E-state index in [-0.39, 0.29) is 6.04 Å². The number of hydrogen-bond donors (Lipinski definition) is 2. The molecule has 84 valence electrons. The summed E-state index contributed by atoms with van der Waals surface area (Å²) in [6, 6.07) is 8.72. The number of nitrogens with one attached hydrogen (secondary N) is 1. The molecule has 1 rings (SSSR count). The number of hydrogen-bond acceptors (Lipinski definition) is 3. The highest BCUT2D eigenvalue weighted by atomic mass is 15.2. The second-order valence-corrected chi connectivity index (χ2v) is 4.23. The fourth-order valence-electron chi connectivity index (χ4n) is 1.62. The average Bonchev–Trinajstić information content (AvgIpc) is 2.18. The molecule has 1 aromatic rings. The minimum atomic E-state index is 0.243. The minimum absolute atomic E-state index is 0.243. The van der Waals surface area contributed by atoms with Crippen molar-refractivity contribution in [2.45, 2.75) is 19.4 Å². The van der Waals surface area contributed by atoms with Crippen LogP contribution in [0.4, 0.5) is 0 Å². The zero-order chi connectivity index (χ0) is 11.3. The normalized spacial score (nSPS) is 13.1. The third kappa shape index (κ3) is 4.00. The third-order valence-corrected chi connectivity index (χ3v) is 2.51. The van der Waals surface area contributed by atoms with Crippen LogP contribution >= 0.6 is 0 Å². The van der Waals surface area contributed by atoms with Crippen molar-refractivity contribution < 1.29 is 0 Å². The topological polar surface area (TPSA) is 41.3 Å². The minimum Gasteiger partial charge on any atom is -0.309 e. The zero-order valence-electron chi connectivity index (χ0n) is 9.83. The fraction of sp³-hybridized carbons (Fsp3) is 0.500. The Morgan fingerprint density at radius 2 is 2.13 bits per heavy atom. The predicted molar refractivity (Wildman–Crippen MR) is 64.4 cm³/mol. The van der Waals surface area contributed by atoms with E-state index in [9.17, 15) is 0 Å². The van der Waals surface area contributed by atoms with Crippen LogP contribution in [0.2, 0.25) is 0 Å². The first-order chi connectivity index (χ1) is 7.13. The lowest BCUT2D eigenvalue weighted by atomic mass is 10.0. The molecule has 0 bridgehead atoms. The molecule has 1 unspecified atom stereocenters. The molecule has 1 aromatic carbocycles. The first-order valence-electron chi connectivity index (χ1n) is 5.31. The van der Waals surface area contributed by atoms with Gasteiger partial charge in [0.1, 0.15) is 0 Å². The molecule has 0 radical (unpaired) electrons. The Labute approximate surface area is 92.2 Å². The quantitative estimate of drug-likeness (QED) is 0.567. The van der Waals surface area contributed by atoms with Gasteiger partial charge in [-0.05, 0) is 39.5 Å². The van der Waals surface area contributed by atoms with Crippen LogP contribution in [-0.4, -0.2) is 25.5 Å². The van der Waals surface area contributed by atoms with Crippen molar-refractivity contribution in [3.8, 4) is 0 Å². The van der Waals surface area contributed by atoms with Crippen LogP contribution in [0.1, 0.15) is 23.6 Å². The van der Waals surface area contributed by atoms with E-state index in [0.717, 1.165) is 13.0 Å². The van der Waals surface area contributed by atoms with Crippen molar-refractivity contribution >= 4 is 0 Å². The van der Waals surface area contributed by atoms with Gasteiger partial charge in [0.25, 0.3) is 0 Å². The van der Waals surface area contributed by atoms with Crippen LogP contribution in [-0.2, 0) is 0 Å². The molecule has 0 fully saturated rings. The lowest BCUT2D eigenvalue weighted by Gasteiger charge is -2.19. The second-order valence-electron chi connectivity index (χ2n) is 4.23. The van der Waals surface area contributed by atoms with E-state index in [0.29, 0.717) is 0 Å². The Kier molecular flexibility index (Phi) is 4.75. The number of rotatable bonds is 5. The van der Waals surface area contributed by atoms with Crippen molar-refractivity contribution in [3.05, 3.63) is 35.4 Å². The van der Waals surface area contributed by atoms with Crippen molar-refractivity contribution in [2.24, 2.45) is 5.84 Å². The van der Waals surface area contributed by atoms with Gasteiger partial charge < -0.3 is 4.90 Å². The Bertz CT molecular complexity index is 297. The van der Waals surface area contributed by atoms with E-state index in [1.807, 2.05) is 0 Å². The number of nitrogens with two attached hydrogens (primary N) is 1. The lowest BCUT2D eigenvalue weighted by molar-refractivity contribution is 0.363. The first-order valence-corrected chi connectivity index (χ1v) is 5.31. The van der Waals surface area contributed by atoms with Gasteiger partial charge in [-0.25, -0.2) is 0 Å². The molecule has 0 aromatic heterocycles. The van der Waals surface area contributed by atoms with Gasteiger partial charge in [-0.2, -0.15) is 0 Å².